The number of phenols is 1. The highest BCUT2D eigenvalue weighted by atomic mass is 16.6. The van der Waals surface area contributed by atoms with Crippen LogP contribution in [0.2, 0.25) is 0 Å². The third-order valence-electron chi connectivity index (χ3n) is 2.62. The van der Waals surface area contributed by atoms with Crippen LogP contribution < -0.4 is 5.32 Å². The van der Waals surface area contributed by atoms with Gasteiger partial charge in [-0.1, -0.05) is 12.1 Å². The molecule has 0 spiro atoms. The van der Waals surface area contributed by atoms with Gasteiger partial charge in [-0.25, -0.2) is 9.97 Å². The summed E-state index contributed by atoms with van der Waals surface area (Å²) in [6, 6.07) is 6.34. The molecule has 0 unspecified atom stereocenters. The van der Waals surface area contributed by atoms with E-state index in [2.05, 4.69) is 15.3 Å². The second-order valence-corrected chi connectivity index (χ2v) is 3.85. The summed E-state index contributed by atoms with van der Waals surface area (Å²) < 4.78 is 0. The molecule has 1 aromatic heterocycles. The molecule has 0 fully saturated rings. The molecule has 0 bridgehead atoms. The summed E-state index contributed by atoms with van der Waals surface area (Å²) in [5, 5.41) is 23.7. The quantitative estimate of drug-likeness (QED) is 0.647. The standard InChI is InChI=1S/C12H12N4O3/c1-7-11(16(18)19)10(15-12(13-2)14-7)8-5-3-4-6-9(8)17/h3-6,17H,1-2H3,(H,13,14,15). The van der Waals surface area contributed by atoms with Crippen LogP contribution in [0.1, 0.15) is 5.69 Å². The van der Waals surface area contributed by atoms with Gasteiger partial charge in [-0.3, -0.25) is 10.1 Å². The number of rotatable bonds is 3. The second kappa shape index (κ2) is 4.89. The lowest BCUT2D eigenvalue weighted by Gasteiger charge is -2.08. The topological polar surface area (TPSA) is 101 Å². The Morgan fingerprint density at radius 2 is 2.00 bits per heavy atom. The summed E-state index contributed by atoms with van der Waals surface area (Å²) >= 11 is 0. The van der Waals surface area contributed by atoms with Crippen molar-refractivity contribution in [3.05, 3.63) is 40.1 Å². The van der Waals surface area contributed by atoms with E-state index >= 15 is 0 Å². The molecule has 1 heterocycles. The first-order chi connectivity index (χ1) is 9.04. The number of nitrogens with one attached hydrogen (secondary N) is 1. The van der Waals surface area contributed by atoms with Gasteiger partial charge in [-0.05, 0) is 19.1 Å². The Kier molecular flexibility index (Phi) is 3.28. The molecule has 0 aliphatic rings. The van der Waals surface area contributed by atoms with Crippen LogP contribution in [0.5, 0.6) is 5.75 Å². The summed E-state index contributed by atoms with van der Waals surface area (Å²) in [5.41, 5.74) is 0.430. The van der Waals surface area contributed by atoms with Gasteiger partial charge in [0.25, 0.3) is 0 Å². The average molecular weight is 260 g/mol. The van der Waals surface area contributed by atoms with E-state index in [-0.39, 0.29) is 28.8 Å². The van der Waals surface area contributed by atoms with Crippen molar-refractivity contribution in [3.63, 3.8) is 0 Å². The van der Waals surface area contributed by atoms with Gasteiger partial charge in [-0.15, -0.1) is 0 Å². The summed E-state index contributed by atoms with van der Waals surface area (Å²) in [7, 11) is 1.62. The monoisotopic (exact) mass is 260 g/mol. The van der Waals surface area contributed by atoms with Gasteiger partial charge in [0.15, 0.2) is 5.69 Å². The van der Waals surface area contributed by atoms with Gasteiger partial charge in [-0.2, -0.15) is 0 Å². The number of phenolic OH excluding ortho intramolecular Hbond substituents is 1. The number of aromatic nitrogens is 2. The highest BCUT2D eigenvalue weighted by molar-refractivity contribution is 5.76. The number of aryl methyl sites for hydroxylation is 1. The molecule has 2 N–H and O–H groups in total. The van der Waals surface area contributed by atoms with E-state index in [0.717, 1.165) is 0 Å². The number of nitro groups is 1. The predicted molar refractivity (Wildman–Crippen MR) is 70.1 cm³/mol. The Bertz CT molecular complexity index is 643. The van der Waals surface area contributed by atoms with Crippen molar-refractivity contribution in [2.24, 2.45) is 0 Å². The molecule has 98 valence electrons. The van der Waals surface area contributed by atoms with Crippen LogP contribution >= 0.6 is 0 Å². The smallest absolute Gasteiger partial charge is 0.316 e. The molecule has 7 nitrogen and oxygen atoms in total. The average Bonchev–Trinajstić information content (AvgIpc) is 2.37. The predicted octanol–water partition coefficient (Wildman–Crippen LogP) is 2.11. The zero-order chi connectivity index (χ0) is 14.0. The molecule has 2 rings (SSSR count). The van der Waals surface area contributed by atoms with Gasteiger partial charge in [0.2, 0.25) is 5.95 Å². The van der Waals surface area contributed by atoms with Crippen molar-refractivity contribution in [1.82, 2.24) is 9.97 Å². The Labute approximate surface area is 109 Å². The van der Waals surface area contributed by atoms with Gasteiger partial charge in [0.05, 0.1) is 4.92 Å². The van der Waals surface area contributed by atoms with Crippen molar-refractivity contribution >= 4 is 11.6 Å². The molecular formula is C12H12N4O3. The second-order valence-electron chi connectivity index (χ2n) is 3.85. The van der Waals surface area contributed by atoms with Crippen LogP contribution in [0.4, 0.5) is 11.6 Å². The highest BCUT2D eigenvalue weighted by Gasteiger charge is 2.24. The molecule has 19 heavy (non-hydrogen) atoms. The Hall–Kier alpha value is -2.70. The first-order valence-electron chi connectivity index (χ1n) is 5.53. The SMILES string of the molecule is CNc1nc(C)c([N+](=O)[O-])c(-c2ccccc2O)n1. The zero-order valence-corrected chi connectivity index (χ0v) is 10.4. The maximum Gasteiger partial charge on any atom is 0.316 e. The largest absolute Gasteiger partial charge is 0.507 e. The molecule has 2 aromatic rings. The highest BCUT2D eigenvalue weighted by Crippen LogP contribution is 2.35. The molecule has 0 aliphatic carbocycles. The fourth-order valence-electron chi connectivity index (χ4n) is 1.76. The number of nitrogens with zero attached hydrogens (tertiary/aromatic N) is 3. The molecule has 0 amide bonds. The van der Waals surface area contributed by atoms with E-state index in [9.17, 15) is 15.2 Å². The lowest BCUT2D eigenvalue weighted by Crippen LogP contribution is -2.05. The molecule has 7 heteroatoms. The Morgan fingerprint density at radius 1 is 1.32 bits per heavy atom. The van der Waals surface area contributed by atoms with Crippen molar-refractivity contribution in [2.45, 2.75) is 6.92 Å². The van der Waals surface area contributed by atoms with Crippen LogP contribution in [0.3, 0.4) is 0 Å². The van der Waals surface area contributed by atoms with Crippen molar-refractivity contribution in [2.75, 3.05) is 12.4 Å². The molecule has 0 radical (unpaired) electrons. The lowest BCUT2D eigenvalue weighted by atomic mass is 10.1. The van der Waals surface area contributed by atoms with Crippen LogP contribution in [0.15, 0.2) is 24.3 Å². The summed E-state index contributed by atoms with van der Waals surface area (Å²) in [6.07, 6.45) is 0. The maximum absolute atomic E-state index is 11.2. The van der Waals surface area contributed by atoms with Crippen LogP contribution in [0, 0.1) is 17.0 Å². The van der Waals surface area contributed by atoms with E-state index in [1.807, 2.05) is 0 Å². The molecule has 0 atom stereocenters. The molecular weight excluding hydrogens is 248 g/mol. The van der Waals surface area contributed by atoms with Crippen LogP contribution in [-0.4, -0.2) is 27.0 Å². The summed E-state index contributed by atoms with van der Waals surface area (Å²) in [6.45, 7) is 1.53. The van der Waals surface area contributed by atoms with Crippen LogP contribution in [0.25, 0.3) is 11.3 Å². The minimum Gasteiger partial charge on any atom is -0.507 e. The fourth-order valence-corrected chi connectivity index (χ4v) is 1.76. The van der Waals surface area contributed by atoms with E-state index < -0.39 is 4.92 Å². The van der Waals surface area contributed by atoms with Gasteiger partial charge < -0.3 is 10.4 Å². The summed E-state index contributed by atoms with van der Waals surface area (Å²) in [4.78, 5) is 18.7. The number of hydrogen-bond donors (Lipinski definition) is 2. The van der Waals surface area contributed by atoms with Crippen LogP contribution in [-0.2, 0) is 0 Å². The van der Waals surface area contributed by atoms with E-state index in [0.29, 0.717) is 5.56 Å². The van der Waals surface area contributed by atoms with E-state index in [1.165, 1.54) is 13.0 Å². The molecule has 0 aliphatic heterocycles. The van der Waals surface area contributed by atoms with Crippen molar-refractivity contribution in [3.8, 4) is 17.0 Å². The number of hydrogen-bond acceptors (Lipinski definition) is 6. The summed E-state index contributed by atoms with van der Waals surface area (Å²) in [5.74, 6) is 0.201. The minimum atomic E-state index is -0.545. The van der Waals surface area contributed by atoms with Gasteiger partial charge >= 0.3 is 5.69 Å². The first-order valence-corrected chi connectivity index (χ1v) is 5.53. The van der Waals surface area contributed by atoms with Gasteiger partial charge in [0, 0.05) is 12.6 Å². The fraction of sp³-hybridized carbons (Fsp3) is 0.167. The van der Waals surface area contributed by atoms with E-state index in [4.69, 9.17) is 0 Å². The molecule has 0 saturated heterocycles. The molecule has 0 saturated carbocycles. The third-order valence-corrected chi connectivity index (χ3v) is 2.62. The number of aromatic hydroxyl groups is 1. The lowest BCUT2D eigenvalue weighted by molar-refractivity contribution is -0.385. The number of benzene rings is 1. The van der Waals surface area contributed by atoms with Crippen molar-refractivity contribution < 1.29 is 10.0 Å². The Morgan fingerprint density at radius 3 is 2.58 bits per heavy atom. The minimum absolute atomic E-state index is 0.0641. The normalized spacial score (nSPS) is 10.2. The molecule has 1 aromatic carbocycles. The maximum atomic E-state index is 11.2. The third kappa shape index (κ3) is 2.30. The first kappa shape index (κ1) is 12.7. The van der Waals surface area contributed by atoms with E-state index in [1.54, 1.807) is 25.2 Å². The zero-order valence-electron chi connectivity index (χ0n) is 10.4. The number of anilines is 1. The van der Waals surface area contributed by atoms with Crippen molar-refractivity contribution in [1.29, 1.82) is 0 Å². The van der Waals surface area contributed by atoms with Gasteiger partial charge in [0.1, 0.15) is 11.4 Å². The Balaban J connectivity index is 2.77. The number of para-hydroxylation sites is 1.